The minimum absolute atomic E-state index is 0.0149. The zero-order chi connectivity index (χ0) is 20.2. The summed E-state index contributed by atoms with van der Waals surface area (Å²) in [6, 6.07) is 13.3. The molecule has 4 rings (SSSR count). The third-order valence-corrected chi connectivity index (χ3v) is 5.50. The van der Waals surface area contributed by atoms with E-state index in [0.717, 1.165) is 35.0 Å². The second-order valence-corrected chi connectivity index (χ2v) is 7.50. The number of aliphatic carboxylic acids is 1. The summed E-state index contributed by atoms with van der Waals surface area (Å²) in [4.78, 5) is 35.0. The number of pyridine rings is 2. The highest BCUT2D eigenvalue weighted by Crippen LogP contribution is 2.28. The van der Waals surface area contributed by atoms with Gasteiger partial charge in [-0.05, 0) is 49.4 Å². The first-order valence-electron chi connectivity index (χ1n) is 9.93. The molecule has 1 aromatic carbocycles. The van der Waals surface area contributed by atoms with E-state index in [2.05, 4.69) is 4.98 Å². The van der Waals surface area contributed by atoms with Crippen molar-refractivity contribution in [3.8, 4) is 11.3 Å². The van der Waals surface area contributed by atoms with Crippen molar-refractivity contribution in [2.24, 2.45) is 5.92 Å². The van der Waals surface area contributed by atoms with Crippen molar-refractivity contribution in [2.45, 2.75) is 25.7 Å². The van der Waals surface area contributed by atoms with Gasteiger partial charge in [-0.2, -0.15) is 0 Å². The minimum atomic E-state index is -0.782. The Hall–Kier alpha value is -3.28. The smallest absolute Gasteiger partial charge is 0.303 e. The van der Waals surface area contributed by atoms with Gasteiger partial charge in [-0.3, -0.25) is 14.6 Å². The predicted molar refractivity (Wildman–Crippen MR) is 110 cm³/mol. The monoisotopic (exact) mass is 389 g/mol. The number of carboxylic acid groups (broad SMARTS) is 1. The molecule has 3 heterocycles. The van der Waals surface area contributed by atoms with Crippen LogP contribution in [0.3, 0.4) is 0 Å². The molecule has 0 saturated carbocycles. The number of carbonyl (C=O) groups is 2. The molecule has 0 spiro atoms. The maximum Gasteiger partial charge on any atom is 0.303 e. The zero-order valence-corrected chi connectivity index (χ0v) is 16.1. The number of piperidine rings is 1. The minimum Gasteiger partial charge on any atom is -0.481 e. The van der Waals surface area contributed by atoms with Gasteiger partial charge in [-0.15, -0.1) is 0 Å². The Kier molecular flexibility index (Phi) is 5.51. The molecule has 6 heteroatoms. The Bertz CT molecular complexity index is 1040. The third kappa shape index (κ3) is 4.26. The van der Waals surface area contributed by atoms with Gasteiger partial charge in [0.15, 0.2) is 0 Å². The van der Waals surface area contributed by atoms with E-state index in [0.29, 0.717) is 25.1 Å². The molecule has 1 fully saturated rings. The average molecular weight is 389 g/mol. The zero-order valence-electron chi connectivity index (χ0n) is 16.1. The Morgan fingerprint density at radius 3 is 2.72 bits per heavy atom. The van der Waals surface area contributed by atoms with Gasteiger partial charge < -0.3 is 10.0 Å². The maximum atomic E-state index is 13.5. The van der Waals surface area contributed by atoms with Gasteiger partial charge >= 0.3 is 5.97 Å². The van der Waals surface area contributed by atoms with Gasteiger partial charge in [-0.25, -0.2) is 4.98 Å². The van der Waals surface area contributed by atoms with E-state index < -0.39 is 5.97 Å². The molecule has 1 amide bonds. The maximum absolute atomic E-state index is 13.5. The number of para-hydroxylation sites is 1. The van der Waals surface area contributed by atoms with E-state index in [1.165, 1.54) is 0 Å². The van der Waals surface area contributed by atoms with Crippen molar-refractivity contribution in [1.29, 1.82) is 0 Å². The van der Waals surface area contributed by atoms with Crippen molar-refractivity contribution in [3.63, 3.8) is 0 Å². The molecule has 2 aromatic heterocycles. The number of likely N-dealkylation sites (tertiary alicyclic amines) is 1. The van der Waals surface area contributed by atoms with Crippen LogP contribution in [0.15, 0.2) is 54.9 Å². The van der Waals surface area contributed by atoms with Gasteiger partial charge in [0.2, 0.25) is 0 Å². The van der Waals surface area contributed by atoms with Crippen molar-refractivity contribution >= 4 is 22.8 Å². The highest BCUT2D eigenvalue weighted by Gasteiger charge is 2.26. The lowest BCUT2D eigenvalue weighted by Crippen LogP contribution is -2.40. The molecule has 0 bridgehead atoms. The number of amides is 1. The Labute approximate surface area is 169 Å². The lowest BCUT2D eigenvalue weighted by molar-refractivity contribution is -0.137. The van der Waals surface area contributed by atoms with Crippen LogP contribution in [-0.2, 0) is 4.79 Å². The van der Waals surface area contributed by atoms with Gasteiger partial charge in [0.1, 0.15) is 0 Å². The summed E-state index contributed by atoms with van der Waals surface area (Å²) in [6.45, 7) is 1.30. The number of nitrogens with zero attached hydrogens (tertiary/aromatic N) is 3. The molecular formula is C23H23N3O3. The van der Waals surface area contributed by atoms with E-state index in [-0.39, 0.29) is 18.2 Å². The molecule has 1 aliphatic rings. The van der Waals surface area contributed by atoms with Crippen LogP contribution in [0.4, 0.5) is 0 Å². The number of fused-ring (bicyclic) bond motifs is 1. The van der Waals surface area contributed by atoms with Crippen molar-refractivity contribution in [2.75, 3.05) is 13.1 Å². The molecule has 148 valence electrons. The summed E-state index contributed by atoms with van der Waals surface area (Å²) in [5.74, 6) is -0.564. The van der Waals surface area contributed by atoms with Crippen LogP contribution in [0.5, 0.6) is 0 Å². The lowest BCUT2D eigenvalue weighted by Gasteiger charge is -2.33. The average Bonchev–Trinajstić information content (AvgIpc) is 2.77. The van der Waals surface area contributed by atoms with Gasteiger partial charge in [-0.1, -0.05) is 18.2 Å². The second-order valence-electron chi connectivity index (χ2n) is 7.50. The third-order valence-electron chi connectivity index (χ3n) is 5.50. The van der Waals surface area contributed by atoms with Crippen LogP contribution in [-0.4, -0.2) is 44.9 Å². The summed E-state index contributed by atoms with van der Waals surface area (Å²) < 4.78 is 0. The van der Waals surface area contributed by atoms with Crippen molar-refractivity contribution < 1.29 is 14.7 Å². The molecule has 1 atom stereocenters. The molecule has 3 aromatic rings. The quantitative estimate of drug-likeness (QED) is 0.713. The second kappa shape index (κ2) is 8.39. The highest BCUT2D eigenvalue weighted by molar-refractivity contribution is 6.07. The SMILES string of the molecule is O=C(O)CCC1CCCN(C(=O)c2cc(-c3ccncc3)nc3ccccc23)C1. The Morgan fingerprint density at radius 2 is 1.93 bits per heavy atom. The summed E-state index contributed by atoms with van der Waals surface area (Å²) in [5, 5.41) is 9.80. The number of carboxylic acids is 1. The van der Waals surface area contributed by atoms with Crippen LogP contribution < -0.4 is 0 Å². The molecule has 1 N–H and O–H groups in total. The number of aromatic nitrogens is 2. The van der Waals surface area contributed by atoms with Crippen LogP contribution >= 0.6 is 0 Å². The van der Waals surface area contributed by atoms with Crippen molar-refractivity contribution in [3.05, 3.63) is 60.4 Å². The van der Waals surface area contributed by atoms with Crippen LogP contribution in [0.1, 0.15) is 36.0 Å². The molecule has 0 aliphatic carbocycles. The number of hydrogen-bond donors (Lipinski definition) is 1. The van der Waals surface area contributed by atoms with E-state index in [9.17, 15) is 9.59 Å². The summed E-state index contributed by atoms with van der Waals surface area (Å²) in [5.41, 5.74) is 3.08. The molecule has 29 heavy (non-hydrogen) atoms. The normalized spacial score (nSPS) is 16.7. The Balaban J connectivity index is 1.67. The summed E-state index contributed by atoms with van der Waals surface area (Å²) in [7, 11) is 0. The molecular weight excluding hydrogens is 366 g/mol. The lowest BCUT2D eigenvalue weighted by atomic mass is 9.92. The van der Waals surface area contributed by atoms with Crippen molar-refractivity contribution in [1.82, 2.24) is 14.9 Å². The van der Waals surface area contributed by atoms with Crippen LogP contribution in [0.2, 0.25) is 0 Å². The molecule has 6 nitrogen and oxygen atoms in total. The number of benzene rings is 1. The summed E-state index contributed by atoms with van der Waals surface area (Å²) in [6.07, 6.45) is 6.05. The summed E-state index contributed by atoms with van der Waals surface area (Å²) >= 11 is 0. The number of hydrogen-bond acceptors (Lipinski definition) is 4. The van der Waals surface area contributed by atoms with Gasteiger partial charge in [0.25, 0.3) is 5.91 Å². The molecule has 1 saturated heterocycles. The molecule has 1 aliphatic heterocycles. The first-order chi connectivity index (χ1) is 14.1. The van der Waals surface area contributed by atoms with E-state index in [1.807, 2.05) is 47.4 Å². The number of carbonyl (C=O) groups excluding carboxylic acids is 1. The van der Waals surface area contributed by atoms with Gasteiger partial charge in [0.05, 0.1) is 16.8 Å². The fourth-order valence-electron chi connectivity index (χ4n) is 4.01. The highest BCUT2D eigenvalue weighted by atomic mass is 16.4. The van der Waals surface area contributed by atoms with Gasteiger partial charge in [0, 0.05) is 42.9 Å². The fourth-order valence-corrected chi connectivity index (χ4v) is 4.01. The largest absolute Gasteiger partial charge is 0.481 e. The number of rotatable bonds is 5. The van der Waals surface area contributed by atoms with E-state index in [4.69, 9.17) is 10.1 Å². The van der Waals surface area contributed by atoms with E-state index >= 15 is 0 Å². The Morgan fingerprint density at radius 1 is 1.14 bits per heavy atom. The standard InChI is InChI=1S/C23H23N3O3/c27-22(28)8-7-16-4-3-13-26(15-16)23(29)19-14-21(17-9-11-24-12-10-17)25-20-6-2-1-5-18(19)20/h1-2,5-6,9-12,14,16H,3-4,7-8,13,15H2,(H,27,28). The molecule has 1 unspecified atom stereocenters. The van der Waals surface area contributed by atoms with E-state index in [1.54, 1.807) is 12.4 Å². The topological polar surface area (TPSA) is 83.4 Å². The first-order valence-corrected chi connectivity index (χ1v) is 9.93. The first kappa shape index (κ1) is 19.1. The fraction of sp³-hybridized carbons (Fsp3) is 0.304. The van der Waals surface area contributed by atoms with Crippen LogP contribution in [0, 0.1) is 5.92 Å². The molecule has 0 radical (unpaired) electrons. The predicted octanol–water partition coefficient (Wildman–Crippen LogP) is 4.01. The van der Waals surface area contributed by atoms with Crippen LogP contribution in [0.25, 0.3) is 22.2 Å².